The molecule has 9 heteroatoms. The number of aromatic nitrogens is 2. The van der Waals surface area contributed by atoms with Crippen LogP contribution in [0.2, 0.25) is 0 Å². The molecule has 0 aliphatic heterocycles. The fourth-order valence-corrected chi connectivity index (χ4v) is 2.84. The number of carbonyl (C=O) groups excluding carboxylic acids is 3. The molecule has 0 unspecified atom stereocenters. The summed E-state index contributed by atoms with van der Waals surface area (Å²) in [5.74, 6) is -1.02. The Hall–Kier alpha value is -3.23. The summed E-state index contributed by atoms with van der Waals surface area (Å²) >= 11 is 0. The molecule has 0 spiro atoms. The third-order valence-corrected chi connectivity index (χ3v) is 4.31. The van der Waals surface area contributed by atoms with E-state index in [-0.39, 0.29) is 11.6 Å². The van der Waals surface area contributed by atoms with Gasteiger partial charge in [0.15, 0.2) is 6.10 Å². The molecule has 1 aromatic heterocycles. The zero-order valence-electron chi connectivity index (χ0n) is 14.8. The van der Waals surface area contributed by atoms with E-state index in [1.165, 1.54) is 25.5 Å². The van der Waals surface area contributed by atoms with Crippen LogP contribution in [0.3, 0.4) is 0 Å². The molecule has 142 valence electrons. The first kappa shape index (κ1) is 18.6. The number of hydrogen-bond acceptors (Lipinski definition) is 7. The van der Waals surface area contributed by atoms with Crippen molar-refractivity contribution in [2.24, 2.45) is 0 Å². The molecule has 27 heavy (non-hydrogen) atoms. The number of carbonyl (C=O) groups is 3. The molecule has 1 aliphatic rings. The molecule has 0 bridgehead atoms. The zero-order valence-corrected chi connectivity index (χ0v) is 14.8. The first-order valence-electron chi connectivity index (χ1n) is 8.72. The molecular weight excluding hydrogens is 352 g/mol. The molecule has 0 radical (unpaired) electrons. The van der Waals surface area contributed by atoms with Crippen LogP contribution in [-0.2, 0) is 9.53 Å². The lowest BCUT2D eigenvalue weighted by Gasteiger charge is -2.15. The van der Waals surface area contributed by atoms with Crippen molar-refractivity contribution in [1.29, 1.82) is 0 Å². The average Bonchev–Trinajstić information content (AvgIpc) is 3.35. The van der Waals surface area contributed by atoms with Crippen molar-refractivity contribution in [1.82, 2.24) is 20.8 Å². The van der Waals surface area contributed by atoms with E-state index < -0.39 is 24.0 Å². The monoisotopic (exact) mass is 372 g/mol. The summed E-state index contributed by atoms with van der Waals surface area (Å²) in [5, 5.41) is 12.3. The number of rotatable bonds is 5. The van der Waals surface area contributed by atoms with Crippen molar-refractivity contribution >= 4 is 17.9 Å². The molecule has 1 aliphatic carbocycles. The summed E-state index contributed by atoms with van der Waals surface area (Å²) in [6.45, 7) is 1.41. The second kappa shape index (κ2) is 8.43. The maximum atomic E-state index is 12.2. The van der Waals surface area contributed by atoms with Crippen molar-refractivity contribution in [3.8, 4) is 11.5 Å². The van der Waals surface area contributed by atoms with Crippen LogP contribution in [0.25, 0.3) is 11.5 Å². The van der Waals surface area contributed by atoms with Gasteiger partial charge in [0.05, 0.1) is 5.56 Å². The summed E-state index contributed by atoms with van der Waals surface area (Å²) < 4.78 is 10.2. The Kier molecular flexibility index (Phi) is 5.80. The molecule has 1 atom stereocenters. The standard InChI is InChI=1S/C18H20N4O5/c1-11(15(23)21-18(25)20-14-4-2-3-5-14)27-17(24)13-8-6-12(7-9-13)16-22-19-10-26-16/h6-11,14H,2-5H2,1H3,(H2,20,21,23,25)/t11-/m1/s1. The second-order valence-corrected chi connectivity index (χ2v) is 6.31. The van der Waals surface area contributed by atoms with Gasteiger partial charge in [-0.05, 0) is 44.0 Å². The Bertz CT molecular complexity index is 798. The highest BCUT2D eigenvalue weighted by Crippen LogP contribution is 2.18. The Balaban J connectivity index is 1.50. The number of ether oxygens (including phenoxy) is 1. The first-order chi connectivity index (χ1) is 13.0. The van der Waals surface area contributed by atoms with Gasteiger partial charge in [-0.1, -0.05) is 12.8 Å². The Morgan fingerprint density at radius 1 is 1.19 bits per heavy atom. The minimum Gasteiger partial charge on any atom is -0.449 e. The topological polar surface area (TPSA) is 123 Å². The van der Waals surface area contributed by atoms with Gasteiger partial charge in [-0.2, -0.15) is 0 Å². The maximum absolute atomic E-state index is 12.2. The largest absolute Gasteiger partial charge is 0.449 e. The SMILES string of the molecule is C[C@@H](OC(=O)c1ccc(-c2nnco2)cc1)C(=O)NC(=O)NC1CCCC1. The lowest BCUT2D eigenvalue weighted by molar-refractivity contribution is -0.127. The highest BCUT2D eigenvalue weighted by Gasteiger charge is 2.23. The predicted octanol–water partition coefficient (Wildman–Crippen LogP) is 2.05. The van der Waals surface area contributed by atoms with Gasteiger partial charge in [0.1, 0.15) is 0 Å². The molecule has 3 rings (SSSR count). The molecule has 2 aromatic rings. The number of nitrogens with one attached hydrogen (secondary N) is 2. The summed E-state index contributed by atoms with van der Waals surface area (Å²) in [5.41, 5.74) is 0.909. The summed E-state index contributed by atoms with van der Waals surface area (Å²) in [7, 11) is 0. The Labute approximate surface area is 155 Å². The van der Waals surface area contributed by atoms with Gasteiger partial charge in [0.25, 0.3) is 5.91 Å². The number of imide groups is 1. The number of nitrogens with zero attached hydrogens (tertiary/aromatic N) is 2. The minimum absolute atomic E-state index is 0.0908. The van der Waals surface area contributed by atoms with Crippen molar-refractivity contribution in [3.05, 3.63) is 36.2 Å². The fraction of sp³-hybridized carbons (Fsp3) is 0.389. The lowest BCUT2D eigenvalue weighted by Crippen LogP contribution is -2.47. The third-order valence-electron chi connectivity index (χ3n) is 4.31. The van der Waals surface area contributed by atoms with Crippen molar-refractivity contribution in [2.75, 3.05) is 0 Å². The van der Waals surface area contributed by atoms with Crippen LogP contribution in [0.1, 0.15) is 43.0 Å². The normalized spacial score (nSPS) is 15.1. The molecule has 0 saturated heterocycles. The van der Waals surface area contributed by atoms with E-state index in [9.17, 15) is 14.4 Å². The van der Waals surface area contributed by atoms with Crippen LogP contribution in [0, 0.1) is 0 Å². The maximum Gasteiger partial charge on any atom is 0.338 e. The molecule has 2 N–H and O–H groups in total. The van der Waals surface area contributed by atoms with Gasteiger partial charge >= 0.3 is 12.0 Å². The molecular formula is C18H20N4O5. The predicted molar refractivity (Wildman–Crippen MR) is 93.5 cm³/mol. The highest BCUT2D eigenvalue weighted by molar-refractivity contribution is 5.98. The number of amides is 3. The minimum atomic E-state index is -1.11. The first-order valence-corrected chi connectivity index (χ1v) is 8.72. The second-order valence-electron chi connectivity index (χ2n) is 6.31. The van der Waals surface area contributed by atoms with E-state index in [1.807, 2.05) is 0 Å². The van der Waals surface area contributed by atoms with Crippen molar-refractivity contribution in [3.63, 3.8) is 0 Å². The number of urea groups is 1. The van der Waals surface area contributed by atoms with E-state index in [0.29, 0.717) is 11.5 Å². The Morgan fingerprint density at radius 2 is 1.89 bits per heavy atom. The zero-order chi connectivity index (χ0) is 19.2. The molecule has 9 nitrogen and oxygen atoms in total. The van der Waals surface area contributed by atoms with E-state index >= 15 is 0 Å². The molecule has 1 fully saturated rings. The van der Waals surface area contributed by atoms with Crippen LogP contribution in [0.4, 0.5) is 4.79 Å². The van der Waals surface area contributed by atoms with E-state index in [1.54, 1.807) is 12.1 Å². The number of esters is 1. The highest BCUT2D eigenvalue weighted by atomic mass is 16.5. The fourth-order valence-electron chi connectivity index (χ4n) is 2.84. The van der Waals surface area contributed by atoms with Gasteiger partial charge < -0.3 is 14.5 Å². The molecule has 1 saturated carbocycles. The lowest BCUT2D eigenvalue weighted by atomic mass is 10.1. The quantitative estimate of drug-likeness (QED) is 0.770. The van der Waals surface area contributed by atoms with Gasteiger partial charge in [0.2, 0.25) is 12.3 Å². The van der Waals surface area contributed by atoms with Crippen molar-refractivity contribution < 1.29 is 23.5 Å². The molecule has 1 heterocycles. The van der Waals surface area contributed by atoms with Crippen LogP contribution in [-0.4, -0.2) is 40.3 Å². The Morgan fingerprint density at radius 3 is 2.52 bits per heavy atom. The average molecular weight is 372 g/mol. The third kappa shape index (κ3) is 4.90. The summed E-state index contributed by atoms with van der Waals surface area (Å²) in [6.07, 6.45) is 4.05. The van der Waals surface area contributed by atoms with Crippen LogP contribution < -0.4 is 10.6 Å². The van der Waals surface area contributed by atoms with E-state index in [2.05, 4.69) is 20.8 Å². The molecule has 1 aromatic carbocycles. The van der Waals surface area contributed by atoms with Crippen molar-refractivity contribution in [2.45, 2.75) is 44.8 Å². The van der Waals surface area contributed by atoms with Crippen LogP contribution in [0.5, 0.6) is 0 Å². The number of hydrogen-bond donors (Lipinski definition) is 2. The smallest absolute Gasteiger partial charge is 0.338 e. The van der Waals surface area contributed by atoms with Gasteiger partial charge in [0, 0.05) is 11.6 Å². The molecule has 3 amide bonds. The van der Waals surface area contributed by atoms with Crippen LogP contribution >= 0.6 is 0 Å². The van der Waals surface area contributed by atoms with Gasteiger partial charge in [-0.15, -0.1) is 10.2 Å². The van der Waals surface area contributed by atoms with Crippen LogP contribution in [0.15, 0.2) is 35.1 Å². The summed E-state index contributed by atoms with van der Waals surface area (Å²) in [6, 6.07) is 5.83. The van der Waals surface area contributed by atoms with E-state index in [4.69, 9.17) is 9.15 Å². The van der Waals surface area contributed by atoms with Gasteiger partial charge in [-0.25, -0.2) is 9.59 Å². The summed E-state index contributed by atoms with van der Waals surface area (Å²) in [4.78, 5) is 36.0. The van der Waals surface area contributed by atoms with Gasteiger partial charge in [-0.3, -0.25) is 10.1 Å². The van der Waals surface area contributed by atoms with E-state index in [0.717, 1.165) is 25.7 Å². The number of benzene rings is 1.